The molecule has 0 saturated carbocycles. The molecule has 4 rings (SSSR count). The molecule has 0 spiro atoms. The van der Waals surface area contributed by atoms with Crippen molar-refractivity contribution < 1.29 is 9.59 Å². The number of pyridine rings is 1. The number of hydrogen-bond donors (Lipinski definition) is 0. The van der Waals surface area contributed by atoms with Crippen molar-refractivity contribution in [2.45, 2.75) is 57.8 Å². The molecule has 1 aliphatic carbocycles. The summed E-state index contributed by atoms with van der Waals surface area (Å²) in [5.41, 5.74) is 4.06. The number of likely N-dealkylation sites (tertiary alicyclic amines) is 1. The van der Waals surface area contributed by atoms with E-state index in [9.17, 15) is 9.59 Å². The average Bonchev–Trinajstić information content (AvgIpc) is 3.17. The van der Waals surface area contributed by atoms with Gasteiger partial charge >= 0.3 is 0 Å². The third-order valence-corrected chi connectivity index (χ3v) is 6.95. The largest absolute Gasteiger partial charge is 0.345 e. The Bertz CT molecular complexity index is 939. The van der Waals surface area contributed by atoms with Crippen LogP contribution in [0.15, 0.2) is 24.4 Å². The van der Waals surface area contributed by atoms with E-state index in [4.69, 9.17) is 0 Å². The second kappa shape index (κ2) is 10.3. The Kier molecular flexibility index (Phi) is 7.22. The van der Waals surface area contributed by atoms with Gasteiger partial charge in [-0.15, -0.1) is 0 Å². The minimum absolute atomic E-state index is 0.117. The van der Waals surface area contributed by atoms with Gasteiger partial charge in [0.2, 0.25) is 5.91 Å². The zero-order valence-corrected chi connectivity index (χ0v) is 19.4. The number of carbonyl (C=O) groups is 2. The number of likely N-dealkylation sites (N-methyl/N-ethyl adjacent to an activating group) is 1. The van der Waals surface area contributed by atoms with Gasteiger partial charge < -0.3 is 9.80 Å². The predicted molar refractivity (Wildman–Crippen MR) is 123 cm³/mol. The van der Waals surface area contributed by atoms with Crippen LogP contribution in [-0.2, 0) is 31.1 Å². The van der Waals surface area contributed by atoms with E-state index in [2.05, 4.69) is 10.1 Å². The second-order valence-corrected chi connectivity index (χ2v) is 9.29. The van der Waals surface area contributed by atoms with Crippen molar-refractivity contribution in [2.24, 2.45) is 13.0 Å². The first-order chi connectivity index (χ1) is 15.5. The number of piperidine rings is 1. The first-order valence-electron chi connectivity index (χ1n) is 12.0. The standard InChI is InChI=1S/C25H35N5O2/c1-28(17-14-20-9-5-6-15-26-20)23(31)13-12-19-8-7-16-30(18-19)25(32)24-21-10-3-4-11-22(21)27-29(24)2/h5-6,9,15,19H,3-4,7-8,10-14,16-18H2,1-2H3/t19-/m0/s1. The Morgan fingerprint density at radius 3 is 2.84 bits per heavy atom. The average molecular weight is 438 g/mol. The molecular weight excluding hydrogens is 402 g/mol. The highest BCUT2D eigenvalue weighted by Gasteiger charge is 2.30. The first-order valence-corrected chi connectivity index (χ1v) is 12.0. The van der Waals surface area contributed by atoms with Crippen LogP contribution >= 0.6 is 0 Å². The molecule has 1 fully saturated rings. The number of carbonyl (C=O) groups excluding carboxylic acids is 2. The van der Waals surface area contributed by atoms with Gasteiger partial charge in [0.1, 0.15) is 5.69 Å². The highest BCUT2D eigenvalue weighted by atomic mass is 16.2. The Morgan fingerprint density at radius 2 is 2.03 bits per heavy atom. The number of nitrogens with zero attached hydrogens (tertiary/aromatic N) is 5. The molecule has 32 heavy (non-hydrogen) atoms. The van der Waals surface area contributed by atoms with Crippen LogP contribution < -0.4 is 0 Å². The molecule has 1 saturated heterocycles. The minimum atomic E-state index is 0.117. The van der Waals surface area contributed by atoms with Crippen molar-refractivity contribution in [3.8, 4) is 0 Å². The van der Waals surface area contributed by atoms with Crippen LogP contribution in [0.2, 0.25) is 0 Å². The van der Waals surface area contributed by atoms with E-state index in [1.807, 2.05) is 42.1 Å². The zero-order chi connectivity index (χ0) is 22.5. The van der Waals surface area contributed by atoms with Gasteiger partial charge in [0.25, 0.3) is 5.91 Å². The predicted octanol–water partition coefficient (Wildman–Crippen LogP) is 3.03. The fraction of sp³-hybridized carbons (Fsp3) is 0.600. The summed E-state index contributed by atoms with van der Waals surface area (Å²) < 4.78 is 1.79. The van der Waals surface area contributed by atoms with E-state index in [0.29, 0.717) is 18.9 Å². The summed E-state index contributed by atoms with van der Waals surface area (Å²) in [5.74, 6) is 0.668. The van der Waals surface area contributed by atoms with E-state index >= 15 is 0 Å². The van der Waals surface area contributed by atoms with E-state index in [0.717, 1.165) is 87.1 Å². The molecule has 2 aliphatic rings. The number of rotatable bonds is 7. The quantitative estimate of drug-likeness (QED) is 0.668. The number of fused-ring (bicyclic) bond motifs is 1. The molecule has 0 aromatic carbocycles. The van der Waals surface area contributed by atoms with E-state index in [1.165, 1.54) is 0 Å². The highest BCUT2D eigenvalue weighted by molar-refractivity contribution is 5.94. The lowest BCUT2D eigenvalue weighted by molar-refractivity contribution is -0.130. The summed E-state index contributed by atoms with van der Waals surface area (Å²) in [6.07, 6.45) is 10.2. The maximum absolute atomic E-state index is 13.3. The molecule has 1 aliphatic heterocycles. The lowest BCUT2D eigenvalue weighted by atomic mass is 9.92. The summed E-state index contributed by atoms with van der Waals surface area (Å²) in [6, 6.07) is 5.87. The van der Waals surface area contributed by atoms with Crippen LogP contribution in [0.1, 0.15) is 66.0 Å². The van der Waals surface area contributed by atoms with Crippen LogP contribution in [0, 0.1) is 5.92 Å². The topological polar surface area (TPSA) is 71.3 Å². The van der Waals surface area contributed by atoms with Crippen LogP contribution in [0.5, 0.6) is 0 Å². The van der Waals surface area contributed by atoms with Gasteiger partial charge in [-0.1, -0.05) is 6.07 Å². The molecule has 1 atom stereocenters. The smallest absolute Gasteiger partial charge is 0.272 e. The number of hydrogen-bond acceptors (Lipinski definition) is 4. The van der Waals surface area contributed by atoms with Crippen molar-refractivity contribution in [3.05, 3.63) is 47.0 Å². The van der Waals surface area contributed by atoms with E-state index in [-0.39, 0.29) is 11.8 Å². The molecule has 2 aromatic rings. The third-order valence-electron chi connectivity index (χ3n) is 6.95. The van der Waals surface area contributed by atoms with E-state index in [1.54, 1.807) is 10.9 Å². The second-order valence-electron chi connectivity index (χ2n) is 9.29. The molecule has 0 N–H and O–H groups in total. The van der Waals surface area contributed by atoms with Gasteiger partial charge in [0.15, 0.2) is 0 Å². The molecule has 7 nitrogen and oxygen atoms in total. The normalized spacial score (nSPS) is 18.3. The number of aryl methyl sites for hydroxylation is 2. The monoisotopic (exact) mass is 437 g/mol. The fourth-order valence-electron chi connectivity index (χ4n) is 5.06. The van der Waals surface area contributed by atoms with Crippen molar-refractivity contribution in [1.29, 1.82) is 0 Å². The summed E-state index contributed by atoms with van der Waals surface area (Å²) in [4.78, 5) is 34.1. The van der Waals surface area contributed by atoms with Crippen LogP contribution in [0.3, 0.4) is 0 Å². The van der Waals surface area contributed by atoms with Crippen molar-refractivity contribution in [2.75, 3.05) is 26.7 Å². The molecule has 3 heterocycles. The third kappa shape index (κ3) is 5.19. The van der Waals surface area contributed by atoms with E-state index < -0.39 is 0 Å². The molecule has 0 unspecified atom stereocenters. The van der Waals surface area contributed by atoms with Gasteiger partial charge in [-0.2, -0.15) is 5.10 Å². The summed E-state index contributed by atoms with van der Waals surface area (Å²) in [5, 5.41) is 4.62. The summed E-state index contributed by atoms with van der Waals surface area (Å²) in [6.45, 7) is 2.22. The molecule has 7 heteroatoms. The van der Waals surface area contributed by atoms with Crippen molar-refractivity contribution >= 4 is 11.8 Å². The number of amides is 2. The molecular formula is C25H35N5O2. The minimum Gasteiger partial charge on any atom is -0.345 e. The maximum atomic E-state index is 13.3. The van der Waals surface area contributed by atoms with Crippen LogP contribution in [0.4, 0.5) is 0 Å². The SMILES string of the molecule is CN(CCc1ccccn1)C(=O)CC[C@@H]1CCCN(C(=O)c2c3c(nn2C)CCCC3)C1. The summed E-state index contributed by atoms with van der Waals surface area (Å²) >= 11 is 0. The highest BCUT2D eigenvalue weighted by Crippen LogP contribution is 2.27. The summed E-state index contributed by atoms with van der Waals surface area (Å²) in [7, 11) is 3.76. The number of aromatic nitrogens is 3. The first kappa shape index (κ1) is 22.5. The Labute approximate surface area is 190 Å². The van der Waals surface area contributed by atoms with Gasteiger partial charge in [-0.25, -0.2) is 0 Å². The Balaban J connectivity index is 1.28. The fourth-order valence-corrected chi connectivity index (χ4v) is 5.06. The molecule has 2 amide bonds. The molecule has 2 aromatic heterocycles. The maximum Gasteiger partial charge on any atom is 0.272 e. The van der Waals surface area contributed by atoms with Crippen molar-refractivity contribution in [3.63, 3.8) is 0 Å². The van der Waals surface area contributed by atoms with Gasteiger partial charge in [0.05, 0.1) is 5.69 Å². The van der Waals surface area contributed by atoms with Crippen LogP contribution in [0.25, 0.3) is 0 Å². The molecule has 172 valence electrons. The van der Waals surface area contributed by atoms with Gasteiger partial charge in [-0.05, 0) is 63.0 Å². The van der Waals surface area contributed by atoms with Crippen molar-refractivity contribution in [1.82, 2.24) is 24.6 Å². The van der Waals surface area contributed by atoms with Crippen LogP contribution in [-0.4, -0.2) is 63.1 Å². The van der Waals surface area contributed by atoms with Gasteiger partial charge in [-0.3, -0.25) is 19.3 Å². The zero-order valence-electron chi connectivity index (χ0n) is 19.4. The lowest BCUT2D eigenvalue weighted by Crippen LogP contribution is -2.41. The Hall–Kier alpha value is -2.70. The van der Waals surface area contributed by atoms with Gasteiger partial charge in [0, 0.05) is 64.0 Å². The molecule has 0 radical (unpaired) electrons. The molecule has 0 bridgehead atoms. The Morgan fingerprint density at radius 1 is 1.19 bits per heavy atom. The lowest BCUT2D eigenvalue weighted by Gasteiger charge is -2.33.